The molecule has 1 fully saturated rings. The lowest BCUT2D eigenvalue weighted by Crippen LogP contribution is -2.37. The van der Waals surface area contributed by atoms with Gasteiger partial charge in [-0.2, -0.15) is 0 Å². The van der Waals surface area contributed by atoms with Crippen molar-refractivity contribution in [2.24, 2.45) is 0 Å². The predicted octanol–water partition coefficient (Wildman–Crippen LogP) is 2.12. The van der Waals surface area contributed by atoms with Gasteiger partial charge in [0.05, 0.1) is 23.9 Å². The van der Waals surface area contributed by atoms with Gasteiger partial charge in [0.2, 0.25) is 5.91 Å². The van der Waals surface area contributed by atoms with Crippen molar-refractivity contribution in [3.05, 3.63) is 23.2 Å². The summed E-state index contributed by atoms with van der Waals surface area (Å²) in [5.41, 5.74) is 1.44. The molecule has 23 heavy (non-hydrogen) atoms. The number of carbonyl (C=O) groups is 2. The first kappa shape index (κ1) is 17.4. The van der Waals surface area contributed by atoms with E-state index in [4.69, 9.17) is 21.4 Å². The Labute approximate surface area is 139 Å². The molecule has 1 heterocycles. The molecule has 0 saturated carbocycles. The molecule has 0 radical (unpaired) electrons. The monoisotopic (exact) mass is 341 g/mol. The van der Waals surface area contributed by atoms with Crippen molar-refractivity contribution in [1.29, 1.82) is 0 Å². The molecule has 1 saturated heterocycles. The number of likely N-dealkylation sites (N-methyl/N-ethyl adjacent to an activating group) is 1. The summed E-state index contributed by atoms with van der Waals surface area (Å²) in [7, 11) is 0. The summed E-state index contributed by atoms with van der Waals surface area (Å²) in [4.78, 5) is 26.0. The van der Waals surface area contributed by atoms with Crippen LogP contribution in [-0.4, -0.2) is 61.4 Å². The number of morpholine rings is 1. The number of hydrogen-bond acceptors (Lipinski definition) is 4. The largest absolute Gasteiger partial charge is 0.465 e. The van der Waals surface area contributed by atoms with Crippen LogP contribution < -0.4 is 10.2 Å². The lowest BCUT2D eigenvalue weighted by atomic mass is 10.2. The van der Waals surface area contributed by atoms with Crippen LogP contribution in [0.2, 0.25) is 5.02 Å². The fourth-order valence-corrected chi connectivity index (χ4v) is 2.63. The average molecular weight is 342 g/mol. The summed E-state index contributed by atoms with van der Waals surface area (Å²) in [5.74, 6) is -0.399. The number of nitrogens with one attached hydrogen (secondary N) is 1. The molecule has 0 spiro atoms. The van der Waals surface area contributed by atoms with Gasteiger partial charge in [-0.15, -0.1) is 0 Å². The van der Waals surface area contributed by atoms with Gasteiger partial charge in [0.1, 0.15) is 6.54 Å². The number of hydrogen-bond donors (Lipinski definition) is 2. The minimum Gasteiger partial charge on any atom is -0.465 e. The second-order valence-electron chi connectivity index (χ2n) is 5.11. The number of carboxylic acid groups (broad SMARTS) is 1. The number of ether oxygens (including phenoxy) is 1. The molecule has 1 aromatic rings. The third kappa shape index (κ3) is 4.74. The van der Waals surface area contributed by atoms with E-state index in [0.29, 0.717) is 23.9 Å². The molecule has 1 aromatic carbocycles. The van der Waals surface area contributed by atoms with E-state index in [1.807, 2.05) is 6.07 Å². The summed E-state index contributed by atoms with van der Waals surface area (Å²) in [6.45, 7) is 4.59. The van der Waals surface area contributed by atoms with Crippen LogP contribution in [0.4, 0.5) is 16.2 Å². The Kier molecular flexibility index (Phi) is 6.06. The van der Waals surface area contributed by atoms with E-state index in [0.717, 1.165) is 23.7 Å². The van der Waals surface area contributed by atoms with Crippen LogP contribution in [-0.2, 0) is 9.53 Å². The molecular weight excluding hydrogens is 322 g/mol. The van der Waals surface area contributed by atoms with Crippen molar-refractivity contribution < 1.29 is 19.4 Å². The van der Waals surface area contributed by atoms with Crippen molar-refractivity contribution >= 4 is 35.0 Å². The van der Waals surface area contributed by atoms with E-state index in [2.05, 4.69) is 10.2 Å². The SMILES string of the molecule is CCN(CC(=O)Nc1ccc(N2CCOCC2)c(Cl)c1)C(=O)O. The number of benzene rings is 1. The second-order valence-corrected chi connectivity index (χ2v) is 5.52. The van der Waals surface area contributed by atoms with Gasteiger partial charge in [-0.25, -0.2) is 4.79 Å². The smallest absolute Gasteiger partial charge is 0.407 e. The average Bonchev–Trinajstić information content (AvgIpc) is 2.53. The zero-order valence-electron chi connectivity index (χ0n) is 12.9. The van der Waals surface area contributed by atoms with Crippen molar-refractivity contribution in [3.63, 3.8) is 0 Å². The molecule has 0 bridgehead atoms. The molecule has 2 rings (SSSR count). The molecule has 7 nitrogen and oxygen atoms in total. The number of nitrogens with zero attached hydrogens (tertiary/aromatic N) is 2. The summed E-state index contributed by atoms with van der Waals surface area (Å²) >= 11 is 6.29. The quantitative estimate of drug-likeness (QED) is 0.857. The van der Waals surface area contributed by atoms with Gasteiger partial charge in [0.15, 0.2) is 0 Å². The van der Waals surface area contributed by atoms with Gasteiger partial charge in [-0.05, 0) is 25.1 Å². The molecule has 1 aliphatic rings. The maximum absolute atomic E-state index is 11.9. The van der Waals surface area contributed by atoms with Gasteiger partial charge >= 0.3 is 6.09 Å². The van der Waals surface area contributed by atoms with E-state index in [1.165, 1.54) is 0 Å². The first-order valence-corrected chi connectivity index (χ1v) is 7.79. The van der Waals surface area contributed by atoms with Crippen molar-refractivity contribution in [1.82, 2.24) is 4.90 Å². The molecule has 0 aliphatic carbocycles. The molecule has 1 aliphatic heterocycles. The van der Waals surface area contributed by atoms with Crippen LogP contribution in [0.3, 0.4) is 0 Å². The molecule has 0 atom stereocenters. The number of amides is 2. The Morgan fingerprint density at radius 2 is 2.09 bits per heavy atom. The fourth-order valence-electron chi connectivity index (χ4n) is 2.33. The van der Waals surface area contributed by atoms with E-state index in [1.54, 1.807) is 19.1 Å². The zero-order valence-corrected chi connectivity index (χ0v) is 13.7. The highest BCUT2D eigenvalue weighted by Gasteiger charge is 2.16. The molecule has 8 heteroatoms. The third-order valence-corrected chi connectivity index (χ3v) is 3.87. The molecule has 0 unspecified atom stereocenters. The highest BCUT2D eigenvalue weighted by Crippen LogP contribution is 2.29. The first-order chi connectivity index (χ1) is 11.0. The third-order valence-electron chi connectivity index (χ3n) is 3.57. The van der Waals surface area contributed by atoms with E-state index < -0.39 is 12.0 Å². The topological polar surface area (TPSA) is 82.1 Å². The minimum absolute atomic E-state index is 0.214. The summed E-state index contributed by atoms with van der Waals surface area (Å²) in [6, 6.07) is 5.27. The standard InChI is InChI=1S/C15H20ClN3O4/c1-2-18(15(21)22)10-14(20)17-11-3-4-13(12(16)9-11)19-5-7-23-8-6-19/h3-4,9H,2,5-8,10H2,1H3,(H,17,20)(H,21,22). The minimum atomic E-state index is -1.12. The van der Waals surface area contributed by atoms with Gasteiger partial charge in [0.25, 0.3) is 0 Å². The fraction of sp³-hybridized carbons (Fsp3) is 0.467. The Hall–Kier alpha value is -1.99. The Morgan fingerprint density at radius 1 is 1.39 bits per heavy atom. The van der Waals surface area contributed by atoms with Crippen LogP contribution >= 0.6 is 11.6 Å². The van der Waals surface area contributed by atoms with Crippen LogP contribution in [0, 0.1) is 0 Å². The Bertz CT molecular complexity index is 576. The number of halogens is 1. The highest BCUT2D eigenvalue weighted by atomic mass is 35.5. The molecular formula is C15H20ClN3O4. The van der Waals surface area contributed by atoms with Crippen LogP contribution in [0.5, 0.6) is 0 Å². The normalized spacial score (nSPS) is 14.4. The summed E-state index contributed by atoms with van der Waals surface area (Å²) < 4.78 is 5.31. The predicted molar refractivity (Wildman–Crippen MR) is 88.4 cm³/mol. The van der Waals surface area contributed by atoms with Crippen LogP contribution in [0.1, 0.15) is 6.92 Å². The van der Waals surface area contributed by atoms with Crippen LogP contribution in [0.25, 0.3) is 0 Å². The van der Waals surface area contributed by atoms with Crippen molar-refractivity contribution in [2.75, 3.05) is 49.6 Å². The lowest BCUT2D eigenvalue weighted by molar-refractivity contribution is -0.117. The first-order valence-electron chi connectivity index (χ1n) is 7.41. The van der Waals surface area contributed by atoms with Crippen molar-refractivity contribution in [2.45, 2.75) is 6.92 Å². The van der Waals surface area contributed by atoms with E-state index in [9.17, 15) is 9.59 Å². The highest BCUT2D eigenvalue weighted by molar-refractivity contribution is 6.33. The maximum Gasteiger partial charge on any atom is 0.407 e. The van der Waals surface area contributed by atoms with Gasteiger partial charge in [-0.1, -0.05) is 11.6 Å². The van der Waals surface area contributed by atoms with Crippen LogP contribution in [0.15, 0.2) is 18.2 Å². The number of carbonyl (C=O) groups excluding carboxylic acids is 1. The molecule has 2 amide bonds. The van der Waals surface area contributed by atoms with Crippen molar-refractivity contribution in [3.8, 4) is 0 Å². The molecule has 126 valence electrons. The number of rotatable bonds is 5. The van der Waals surface area contributed by atoms with Gasteiger partial charge < -0.3 is 20.1 Å². The molecule has 2 N–H and O–H groups in total. The van der Waals surface area contributed by atoms with Gasteiger partial charge in [0, 0.05) is 25.3 Å². The maximum atomic E-state index is 11.9. The van der Waals surface area contributed by atoms with Gasteiger partial charge in [-0.3, -0.25) is 9.69 Å². The lowest BCUT2D eigenvalue weighted by Gasteiger charge is -2.29. The number of anilines is 2. The Balaban J connectivity index is 1.99. The summed E-state index contributed by atoms with van der Waals surface area (Å²) in [5, 5.41) is 12.1. The Morgan fingerprint density at radius 3 is 2.65 bits per heavy atom. The molecule has 0 aromatic heterocycles. The van der Waals surface area contributed by atoms with E-state index in [-0.39, 0.29) is 13.1 Å². The second kappa shape index (κ2) is 8.03. The van der Waals surface area contributed by atoms with E-state index >= 15 is 0 Å². The zero-order chi connectivity index (χ0) is 16.8. The summed E-state index contributed by atoms with van der Waals surface area (Å²) in [6.07, 6.45) is -1.12.